The maximum Gasteiger partial charge on any atom is 0.131 e. The molecule has 0 spiro atoms. The first kappa shape index (κ1) is 12.1. The fraction of sp³-hybridized carbons (Fsp3) is 0.0769. The van der Waals surface area contributed by atoms with Gasteiger partial charge in [-0.25, -0.2) is 4.39 Å². The second-order valence-corrected chi connectivity index (χ2v) is 4.43. The highest BCUT2D eigenvalue weighted by Gasteiger charge is 2.05. The number of para-hydroxylation sites is 1. The number of benzene rings is 2. The van der Waals surface area contributed by atoms with Crippen LogP contribution in [-0.2, 0) is 6.54 Å². The number of rotatable bonds is 3. The second kappa shape index (κ2) is 5.29. The van der Waals surface area contributed by atoms with Crippen LogP contribution in [0.5, 0.6) is 11.5 Å². The Kier molecular flexibility index (Phi) is 3.76. The molecular weight excluding hydrogens is 285 g/mol. The van der Waals surface area contributed by atoms with Gasteiger partial charge < -0.3 is 10.5 Å². The molecule has 0 saturated heterocycles. The Bertz CT molecular complexity index is 510. The molecule has 0 atom stereocenters. The van der Waals surface area contributed by atoms with Gasteiger partial charge in [0.15, 0.2) is 0 Å². The van der Waals surface area contributed by atoms with Gasteiger partial charge in [0.05, 0.1) is 0 Å². The van der Waals surface area contributed by atoms with Crippen LogP contribution >= 0.6 is 15.9 Å². The Morgan fingerprint density at radius 3 is 2.65 bits per heavy atom. The first-order valence-corrected chi connectivity index (χ1v) is 5.90. The number of hydrogen-bond donors (Lipinski definition) is 1. The summed E-state index contributed by atoms with van der Waals surface area (Å²) in [4.78, 5) is 0. The smallest absolute Gasteiger partial charge is 0.131 e. The molecule has 2 nitrogen and oxygen atoms in total. The lowest BCUT2D eigenvalue weighted by Crippen LogP contribution is -1.99. The lowest BCUT2D eigenvalue weighted by molar-refractivity contribution is 0.470. The standard InChI is InChI=1S/C13H11BrFNO/c14-10-5-11(15)7-12(6-10)17-13-4-2-1-3-9(13)8-16/h1-7H,8,16H2. The van der Waals surface area contributed by atoms with Gasteiger partial charge in [0.1, 0.15) is 17.3 Å². The van der Waals surface area contributed by atoms with Crippen LogP contribution in [0.4, 0.5) is 4.39 Å². The molecule has 0 aliphatic heterocycles. The minimum atomic E-state index is -0.348. The molecule has 0 saturated carbocycles. The van der Waals surface area contributed by atoms with Gasteiger partial charge in [0, 0.05) is 22.6 Å². The van der Waals surface area contributed by atoms with Crippen molar-refractivity contribution in [2.75, 3.05) is 0 Å². The fourth-order valence-electron chi connectivity index (χ4n) is 1.49. The third kappa shape index (κ3) is 3.05. The van der Waals surface area contributed by atoms with Crippen molar-refractivity contribution in [3.05, 3.63) is 58.3 Å². The van der Waals surface area contributed by atoms with E-state index in [0.29, 0.717) is 22.5 Å². The van der Waals surface area contributed by atoms with Crippen LogP contribution in [0.3, 0.4) is 0 Å². The number of hydrogen-bond acceptors (Lipinski definition) is 2. The highest BCUT2D eigenvalue weighted by molar-refractivity contribution is 9.10. The summed E-state index contributed by atoms with van der Waals surface area (Å²) in [6.45, 7) is 0.382. The van der Waals surface area contributed by atoms with Crippen LogP contribution in [-0.4, -0.2) is 0 Å². The van der Waals surface area contributed by atoms with Gasteiger partial charge in [0.2, 0.25) is 0 Å². The van der Waals surface area contributed by atoms with Crippen LogP contribution in [0.25, 0.3) is 0 Å². The van der Waals surface area contributed by atoms with Crippen LogP contribution in [0, 0.1) is 5.82 Å². The lowest BCUT2D eigenvalue weighted by atomic mass is 10.2. The predicted octanol–water partition coefficient (Wildman–Crippen LogP) is 3.84. The number of nitrogens with two attached hydrogens (primary N) is 1. The molecule has 17 heavy (non-hydrogen) atoms. The molecular formula is C13H11BrFNO. The molecule has 0 aliphatic rings. The summed E-state index contributed by atoms with van der Waals surface area (Å²) in [6.07, 6.45) is 0. The lowest BCUT2D eigenvalue weighted by Gasteiger charge is -2.10. The molecule has 0 amide bonds. The van der Waals surface area contributed by atoms with E-state index >= 15 is 0 Å². The van der Waals surface area contributed by atoms with Crippen molar-refractivity contribution in [2.45, 2.75) is 6.54 Å². The summed E-state index contributed by atoms with van der Waals surface area (Å²) < 4.78 is 19.4. The van der Waals surface area contributed by atoms with Crippen molar-refractivity contribution in [2.24, 2.45) is 5.73 Å². The summed E-state index contributed by atoms with van der Waals surface area (Å²) >= 11 is 3.22. The minimum Gasteiger partial charge on any atom is -0.457 e. The molecule has 2 N–H and O–H groups in total. The monoisotopic (exact) mass is 295 g/mol. The molecule has 0 heterocycles. The summed E-state index contributed by atoms with van der Waals surface area (Å²) in [6, 6.07) is 11.8. The van der Waals surface area contributed by atoms with E-state index in [1.165, 1.54) is 12.1 Å². The Morgan fingerprint density at radius 1 is 1.18 bits per heavy atom. The molecule has 0 bridgehead atoms. The van der Waals surface area contributed by atoms with Gasteiger partial charge in [0.25, 0.3) is 0 Å². The average Bonchev–Trinajstić information content (AvgIpc) is 2.28. The van der Waals surface area contributed by atoms with Gasteiger partial charge in [-0.1, -0.05) is 34.1 Å². The van der Waals surface area contributed by atoms with Crippen molar-refractivity contribution < 1.29 is 9.13 Å². The van der Waals surface area contributed by atoms with Gasteiger partial charge >= 0.3 is 0 Å². The SMILES string of the molecule is NCc1ccccc1Oc1cc(F)cc(Br)c1. The fourth-order valence-corrected chi connectivity index (χ4v) is 1.93. The zero-order chi connectivity index (χ0) is 12.3. The first-order chi connectivity index (χ1) is 8.19. The van der Waals surface area contributed by atoms with Gasteiger partial charge in [-0.15, -0.1) is 0 Å². The van der Waals surface area contributed by atoms with E-state index in [4.69, 9.17) is 10.5 Å². The van der Waals surface area contributed by atoms with Gasteiger partial charge in [-0.3, -0.25) is 0 Å². The summed E-state index contributed by atoms with van der Waals surface area (Å²) in [5, 5.41) is 0. The van der Waals surface area contributed by atoms with E-state index in [1.807, 2.05) is 18.2 Å². The molecule has 2 rings (SSSR count). The molecule has 4 heteroatoms. The van der Waals surface area contributed by atoms with Crippen molar-refractivity contribution in [3.8, 4) is 11.5 Å². The van der Waals surface area contributed by atoms with E-state index in [1.54, 1.807) is 12.1 Å². The predicted molar refractivity (Wildman–Crippen MR) is 68.5 cm³/mol. The van der Waals surface area contributed by atoms with Crippen molar-refractivity contribution in [1.29, 1.82) is 0 Å². The van der Waals surface area contributed by atoms with Crippen molar-refractivity contribution in [3.63, 3.8) is 0 Å². The maximum absolute atomic E-state index is 13.2. The van der Waals surface area contributed by atoms with E-state index in [2.05, 4.69) is 15.9 Å². The molecule has 2 aromatic rings. The molecule has 0 aliphatic carbocycles. The molecule has 88 valence electrons. The number of ether oxygens (including phenoxy) is 1. The highest BCUT2D eigenvalue weighted by Crippen LogP contribution is 2.28. The highest BCUT2D eigenvalue weighted by atomic mass is 79.9. The zero-order valence-corrected chi connectivity index (χ0v) is 10.6. The molecule has 0 unspecified atom stereocenters. The maximum atomic E-state index is 13.2. The Hall–Kier alpha value is -1.39. The molecule has 2 aromatic carbocycles. The van der Waals surface area contributed by atoms with E-state index < -0.39 is 0 Å². The largest absolute Gasteiger partial charge is 0.457 e. The summed E-state index contributed by atoms with van der Waals surface area (Å²) in [5.74, 6) is 0.741. The quantitative estimate of drug-likeness (QED) is 0.934. The topological polar surface area (TPSA) is 35.2 Å². The van der Waals surface area contributed by atoms with E-state index in [0.717, 1.165) is 5.56 Å². The molecule has 0 aromatic heterocycles. The van der Waals surface area contributed by atoms with Crippen LogP contribution in [0.2, 0.25) is 0 Å². The zero-order valence-electron chi connectivity index (χ0n) is 8.99. The van der Waals surface area contributed by atoms with Crippen LogP contribution < -0.4 is 10.5 Å². The van der Waals surface area contributed by atoms with Crippen LogP contribution in [0.15, 0.2) is 46.9 Å². The second-order valence-electron chi connectivity index (χ2n) is 3.52. The minimum absolute atomic E-state index is 0.348. The normalized spacial score (nSPS) is 10.3. The average molecular weight is 296 g/mol. The Morgan fingerprint density at radius 2 is 1.94 bits per heavy atom. The van der Waals surface area contributed by atoms with Gasteiger partial charge in [-0.2, -0.15) is 0 Å². The first-order valence-electron chi connectivity index (χ1n) is 5.11. The van der Waals surface area contributed by atoms with Crippen LogP contribution in [0.1, 0.15) is 5.56 Å². The Balaban J connectivity index is 2.31. The van der Waals surface area contributed by atoms with Crippen molar-refractivity contribution in [1.82, 2.24) is 0 Å². The summed E-state index contributed by atoms with van der Waals surface area (Å²) in [5.41, 5.74) is 6.48. The summed E-state index contributed by atoms with van der Waals surface area (Å²) in [7, 11) is 0. The van der Waals surface area contributed by atoms with E-state index in [9.17, 15) is 4.39 Å². The van der Waals surface area contributed by atoms with Gasteiger partial charge in [-0.05, 0) is 18.2 Å². The molecule has 0 fully saturated rings. The third-order valence-electron chi connectivity index (χ3n) is 2.26. The molecule has 0 radical (unpaired) electrons. The van der Waals surface area contributed by atoms with Crippen molar-refractivity contribution >= 4 is 15.9 Å². The Labute approximate surface area is 107 Å². The third-order valence-corrected chi connectivity index (χ3v) is 2.71. The number of halogens is 2. The van der Waals surface area contributed by atoms with E-state index in [-0.39, 0.29) is 5.82 Å².